The van der Waals surface area contributed by atoms with Gasteiger partial charge in [-0.05, 0) is 17.7 Å². The fourth-order valence-corrected chi connectivity index (χ4v) is 2.60. The SMILES string of the molecule is COc1ccccc1CC1(O)C(=O)Nc2ccccc21. The molecule has 2 aromatic rings. The summed E-state index contributed by atoms with van der Waals surface area (Å²) in [6.45, 7) is 0. The third kappa shape index (κ3) is 1.85. The highest BCUT2D eigenvalue weighted by Crippen LogP contribution is 2.39. The molecule has 1 aliphatic rings. The van der Waals surface area contributed by atoms with Gasteiger partial charge in [0.25, 0.3) is 5.91 Å². The van der Waals surface area contributed by atoms with Crippen molar-refractivity contribution in [3.8, 4) is 5.75 Å². The predicted octanol–water partition coefficient (Wildman–Crippen LogP) is 2.08. The van der Waals surface area contributed by atoms with E-state index in [1.54, 1.807) is 19.2 Å². The van der Waals surface area contributed by atoms with Gasteiger partial charge in [0, 0.05) is 17.7 Å². The minimum absolute atomic E-state index is 0.180. The molecule has 4 nitrogen and oxygen atoms in total. The molecule has 0 radical (unpaired) electrons. The zero-order chi connectivity index (χ0) is 14.2. The number of aliphatic hydroxyl groups is 1. The third-order valence-corrected chi connectivity index (χ3v) is 3.64. The van der Waals surface area contributed by atoms with Gasteiger partial charge < -0.3 is 15.2 Å². The zero-order valence-electron chi connectivity index (χ0n) is 11.1. The van der Waals surface area contributed by atoms with Gasteiger partial charge in [-0.2, -0.15) is 0 Å². The Morgan fingerprint density at radius 3 is 2.65 bits per heavy atom. The van der Waals surface area contributed by atoms with Crippen LogP contribution in [-0.4, -0.2) is 18.1 Å². The molecule has 0 spiro atoms. The van der Waals surface area contributed by atoms with E-state index in [9.17, 15) is 9.90 Å². The number of anilines is 1. The molecule has 0 aliphatic carbocycles. The quantitative estimate of drug-likeness (QED) is 0.897. The van der Waals surface area contributed by atoms with Crippen LogP contribution in [0.5, 0.6) is 5.75 Å². The summed E-state index contributed by atoms with van der Waals surface area (Å²) in [6, 6.07) is 14.6. The van der Waals surface area contributed by atoms with E-state index in [4.69, 9.17) is 4.74 Å². The molecule has 1 amide bonds. The van der Waals surface area contributed by atoms with Crippen molar-refractivity contribution >= 4 is 11.6 Å². The Morgan fingerprint density at radius 2 is 1.85 bits per heavy atom. The number of carbonyl (C=O) groups is 1. The molecule has 4 heteroatoms. The Kier molecular flexibility index (Phi) is 2.95. The highest BCUT2D eigenvalue weighted by molar-refractivity contribution is 6.05. The molecule has 3 rings (SSSR count). The molecule has 0 saturated heterocycles. The van der Waals surface area contributed by atoms with Gasteiger partial charge in [0.2, 0.25) is 0 Å². The molecule has 2 N–H and O–H groups in total. The first-order valence-electron chi connectivity index (χ1n) is 6.40. The minimum Gasteiger partial charge on any atom is -0.496 e. The maximum atomic E-state index is 12.2. The van der Waals surface area contributed by atoms with E-state index < -0.39 is 11.5 Å². The molecule has 1 aliphatic heterocycles. The first-order chi connectivity index (χ1) is 9.65. The number of rotatable bonds is 3. The predicted molar refractivity (Wildman–Crippen MR) is 75.7 cm³/mol. The summed E-state index contributed by atoms with van der Waals surface area (Å²) in [6.07, 6.45) is 0.180. The Balaban J connectivity index is 2.03. The molecule has 20 heavy (non-hydrogen) atoms. The number of amides is 1. The van der Waals surface area contributed by atoms with E-state index in [1.165, 1.54) is 0 Å². The Hall–Kier alpha value is -2.33. The highest BCUT2D eigenvalue weighted by atomic mass is 16.5. The van der Waals surface area contributed by atoms with E-state index in [0.29, 0.717) is 17.0 Å². The Morgan fingerprint density at radius 1 is 1.15 bits per heavy atom. The summed E-state index contributed by atoms with van der Waals surface area (Å²) < 4.78 is 5.28. The standard InChI is InChI=1S/C16H15NO3/c1-20-14-9-5-2-6-11(14)10-16(19)12-7-3-4-8-13(12)17-15(16)18/h2-9,19H,10H2,1H3,(H,17,18). The van der Waals surface area contributed by atoms with Crippen molar-refractivity contribution in [1.29, 1.82) is 0 Å². The maximum Gasteiger partial charge on any atom is 0.261 e. The maximum absolute atomic E-state index is 12.2. The molecule has 1 heterocycles. The van der Waals surface area contributed by atoms with Crippen molar-refractivity contribution in [2.45, 2.75) is 12.0 Å². The number of methoxy groups -OCH3 is 1. The minimum atomic E-state index is -1.55. The molecule has 2 aromatic carbocycles. The van der Waals surface area contributed by atoms with Gasteiger partial charge in [-0.1, -0.05) is 36.4 Å². The van der Waals surface area contributed by atoms with Gasteiger partial charge in [-0.15, -0.1) is 0 Å². The number of hydrogen-bond acceptors (Lipinski definition) is 3. The van der Waals surface area contributed by atoms with E-state index in [1.807, 2.05) is 36.4 Å². The zero-order valence-corrected chi connectivity index (χ0v) is 11.1. The highest BCUT2D eigenvalue weighted by Gasteiger charge is 2.45. The number of carbonyl (C=O) groups excluding carboxylic acids is 1. The summed E-state index contributed by atoms with van der Waals surface area (Å²) in [7, 11) is 1.57. The molecule has 0 fully saturated rings. The smallest absolute Gasteiger partial charge is 0.261 e. The largest absolute Gasteiger partial charge is 0.496 e. The molecule has 0 saturated carbocycles. The molecular formula is C16H15NO3. The Bertz CT molecular complexity index is 668. The van der Waals surface area contributed by atoms with Crippen molar-refractivity contribution < 1.29 is 14.6 Å². The van der Waals surface area contributed by atoms with Gasteiger partial charge >= 0.3 is 0 Å². The lowest BCUT2D eigenvalue weighted by Gasteiger charge is -2.22. The normalized spacial score (nSPS) is 20.4. The average Bonchev–Trinajstić information content (AvgIpc) is 2.72. The van der Waals surface area contributed by atoms with E-state index in [2.05, 4.69) is 5.32 Å². The number of ether oxygens (including phenoxy) is 1. The third-order valence-electron chi connectivity index (χ3n) is 3.64. The van der Waals surface area contributed by atoms with Gasteiger partial charge in [-0.3, -0.25) is 4.79 Å². The topological polar surface area (TPSA) is 58.6 Å². The lowest BCUT2D eigenvalue weighted by Crippen LogP contribution is -2.36. The lowest BCUT2D eigenvalue weighted by atomic mass is 9.88. The first-order valence-corrected chi connectivity index (χ1v) is 6.40. The number of fused-ring (bicyclic) bond motifs is 1. The van der Waals surface area contributed by atoms with Gasteiger partial charge in [0.05, 0.1) is 7.11 Å². The van der Waals surface area contributed by atoms with Gasteiger partial charge in [0.15, 0.2) is 5.60 Å². The summed E-state index contributed by atoms with van der Waals surface area (Å²) in [4.78, 5) is 12.2. The number of nitrogens with one attached hydrogen (secondary N) is 1. The van der Waals surface area contributed by atoms with Crippen molar-refractivity contribution in [3.63, 3.8) is 0 Å². The molecule has 1 unspecified atom stereocenters. The fourth-order valence-electron chi connectivity index (χ4n) is 2.60. The van der Waals surface area contributed by atoms with Crippen molar-refractivity contribution in [2.75, 3.05) is 12.4 Å². The van der Waals surface area contributed by atoms with Crippen molar-refractivity contribution in [1.82, 2.24) is 0 Å². The first kappa shape index (κ1) is 12.7. The van der Waals surface area contributed by atoms with Crippen molar-refractivity contribution in [2.24, 2.45) is 0 Å². The summed E-state index contributed by atoms with van der Waals surface area (Å²) in [5.74, 6) is 0.266. The van der Waals surface area contributed by atoms with Crippen LogP contribution in [-0.2, 0) is 16.8 Å². The van der Waals surface area contributed by atoms with Crippen LogP contribution in [0.4, 0.5) is 5.69 Å². The van der Waals surface area contributed by atoms with Crippen LogP contribution in [0.2, 0.25) is 0 Å². The van der Waals surface area contributed by atoms with Crippen LogP contribution >= 0.6 is 0 Å². The second-order valence-electron chi connectivity index (χ2n) is 4.85. The van der Waals surface area contributed by atoms with Crippen LogP contribution in [0, 0.1) is 0 Å². The summed E-state index contributed by atoms with van der Waals surface area (Å²) >= 11 is 0. The lowest BCUT2D eigenvalue weighted by molar-refractivity contribution is -0.133. The van der Waals surface area contributed by atoms with E-state index in [-0.39, 0.29) is 6.42 Å². The molecule has 0 aromatic heterocycles. The molecule has 102 valence electrons. The second kappa shape index (κ2) is 4.65. The van der Waals surface area contributed by atoms with Crippen LogP contribution in [0.1, 0.15) is 11.1 Å². The van der Waals surface area contributed by atoms with Crippen molar-refractivity contribution in [3.05, 3.63) is 59.7 Å². The van der Waals surface area contributed by atoms with Gasteiger partial charge in [0.1, 0.15) is 5.75 Å². The van der Waals surface area contributed by atoms with Crippen LogP contribution in [0.15, 0.2) is 48.5 Å². The number of benzene rings is 2. The molecule has 0 bridgehead atoms. The van der Waals surface area contributed by atoms with E-state index >= 15 is 0 Å². The second-order valence-corrected chi connectivity index (χ2v) is 4.85. The summed E-state index contributed by atoms with van der Waals surface area (Å²) in [5, 5.41) is 13.5. The number of para-hydroxylation sites is 2. The average molecular weight is 269 g/mol. The van der Waals surface area contributed by atoms with Crippen LogP contribution in [0.3, 0.4) is 0 Å². The molecular weight excluding hydrogens is 254 g/mol. The Labute approximate surface area is 117 Å². The monoisotopic (exact) mass is 269 g/mol. The van der Waals surface area contributed by atoms with Crippen LogP contribution < -0.4 is 10.1 Å². The number of hydrogen-bond donors (Lipinski definition) is 2. The molecule has 1 atom stereocenters. The van der Waals surface area contributed by atoms with Gasteiger partial charge in [-0.25, -0.2) is 0 Å². The summed E-state index contributed by atoms with van der Waals surface area (Å²) in [5.41, 5.74) is 0.515. The van der Waals surface area contributed by atoms with Crippen LogP contribution in [0.25, 0.3) is 0 Å². The van der Waals surface area contributed by atoms with E-state index in [0.717, 1.165) is 5.56 Å². The fraction of sp³-hybridized carbons (Fsp3) is 0.188.